The molecule has 0 saturated carbocycles. The fourth-order valence-corrected chi connectivity index (χ4v) is 3.69. The van der Waals surface area contributed by atoms with Gasteiger partial charge in [-0.15, -0.1) is 0 Å². The second kappa shape index (κ2) is 10.2. The molecule has 1 N–H and O–H groups in total. The summed E-state index contributed by atoms with van der Waals surface area (Å²) in [4.78, 5) is 6.27. The SMILES string of the molecule is Fc1ccc(CN(c2ccc(F)c(OCc3ccccc3)c2)c2cc(-c3ccccn3)[nH]n2)cc1. The predicted molar refractivity (Wildman–Crippen MR) is 131 cm³/mol. The first-order valence-corrected chi connectivity index (χ1v) is 11.1. The van der Waals surface area contributed by atoms with Crippen LogP contribution in [0, 0.1) is 11.6 Å². The molecular formula is C28H22F2N4O. The van der Waals surface area contributed by atoms with Crippen LogP contribution < -0.4 is 9.64 Å². The lowest BCUT2D eigenvalue weighted by Crippen LogP contribution is -2.17. The molecule has 0 aliphatic heterocycles. The highest BCUT2D eigenvalue weighted by Gasteiger charge is 2.17. The van der Waals surface area contributed by atoms with E-state index in [-0.39, 0.29) is 18.2 Å². The van der Waals surface area contributed by atoms with Gasteiger partial charge in [-0.2, -0.15) is 5.10 Å². The van der Waals surface area contributed by atoms with Gasteiger partial charge in [0.25, 0.3) is 0 Å². The summed E-state index contributed by atoms with van der Waals surface area (Å²) in [6, 6.07) is 28.0. The molecule has 0 fully saturated rings. The van der Waals surface area contributed by atoms with Crippen molar-refractivity contribution in [2.75, 3.05) is 4.90 Å². The van der Waals surface area contributed by atoms with E-state index in [1.54, 1.807) is 30.5 Å². The highest BCUT2D eigenvalue weighted by molar-refractivity contribution is 5.67. The monoisotopic (exact) mass is 468 g/mol. The molecule has 2 aromatic heterocycles. The molecular weight excluding hydrogens is 446 g/mol. The van der Waals surface area contributed by atoms with Crippen LogP contribution in [0.5, 0.6) is 5.75 Å². The zero-order valence-corrected chi connectivity index (χ0v) is 18.7. The predicted octanol–water partition coefficient (Wildman–Crippen LogP) is 6.67. The lowest BCUT2D eigenvalue weighted by atomic mass is 10.1. The summed E-state index contributed by atoms with van der Waals surface area (Å²) in [7, 11) is 0. The van der Waals surface area contributed by atoms with Crippen LogP contribution in [-0.4, -0.2) is 15.2 Å². The first-order valence-electron chi connectivity index (χ1n) is 11.1. The standard InChI is InChI=1S/C28H22F2N4O/c29-22-11-9-20(10-12-22)18-34(28-17-26(32-33-28)25-8-4-5-15-31-25)23-13-14-24(30)27(16-23)35-19-21-6-2-1-3-7-21/h1-17H,18-19H2,(H,32,33). The van der Waals surface area contributed by atoms with Crippen LogP contribution in [0.1, 0.15) is 11.1 Å². The van der Waals surface area contributed by atoms with Crippen LogP contribution in [0.3, 0.4) is 0 Å². The van der Waals surface area contributed by atoms with Crippen LogP contribution in [0.4, 0.5) is 20.3 Å². The number of nitrogens with zero attached hydrogens (tertiary/aromatic N) is 3. The summed E-state index contributed by atoms with van der Waals surface area (Å²) in [6.45, 7) is 0.627. The maximum absolute atomic E-state index is 14.6. The third-order valence-corrected chi connectivity index (χ3v) is 5.50. The molecule has 2 heterocycles. The number of anilines is 2. The van der Waals surface area contributed by atoms with Gasteiger partial charge in [0.05, 0.1) is 11.4 Å². The summed E-state index contributed by atoms with van der Waals surface area (Å²) in [5.74, 6) is -0.0231. The van der Waals surface area contributed by atoms with Gasteiger partial charge in [-0.25, -0.2) is 8.78 Å². The van der Waals surface area contributed by atoms with E-state index < -0.39 is 5.82 Å². The van der Waals surface area contributed by atoms with Crippen molar-refractivity contribution in [3.63, 3.8) is 0 Å². The minimum absolute atomic E-state index is 0.135. The number of aromatic amines is 1. The van der Waals surface area contributed by atoms with E-state index in [2.05, 4.69) is 15.2 Å². The van der Waals surface area contributed by atoms with Crippen LogP contribution in [-0.2, 0) is 13.2 Å². The van der Waals surface area contributed by atoms with Gasteiger partial charge >= 0.3 is 0 Å². The Morgan fingerprint density at radius 1 is 0.800 bits per heavy atom. The van der Waals surface area contributed by atoms with Crippen molar-refractivity contribution in [3.05, 3.63) is 126 Å². The largest absolute Gasteiger partial charge is 0.486 e. The Balaban J connectivity index is 1.48. The van der Waals surface area contributed by atoms with Gasteiger partial charge in [0.2, 0.25) is 0 Å². The molecule has 5 rings (SSSR count). The van der Waals surface area contributed by atoms with Crippen molar-refractivity contribution in [3.8, 4) is 17.1 Å². The Bertz CT molecular complexity index is 1390. The van der Waals surface area contributed by atoms with Gasteiger partial charge in [-0.1, -0.05) is 48.5 Å². The summed E-state index contributed by atoms with van der Waals surface area (Å²) < 4.78 is 33.9. The van der Waals surface area contributed by atoms with Crippen LogP contribution in [0.15, 0.2) is 103 Å². The molecule has 35 heavy (non-hydrogen) atoms. The van der Waals surface area contributed by atoms with Crippen molar-refractivity contribution in [2.45, 2.75) is 13.2 Å². The van der Waals surface area contributed by atoms with Gasteiger partial charge in [-0.05, 0) is 47.5 Å². The third-order valence-electron chi connectivity index (χ3n) is 5.50. The summed E-state index contributed by atoms with van der Waals surface area (Å²) in [6.07, 6.45) is 1.71. The molecule has 0 aliphatic carbocycles. The Morgan fingerprint density at radius 3 is 2.37 bits per heavy atom. The molecule has 0 atom stereocenters. The fourth-order valence-electron chi connectivity index (χ4n) is 3.69. The average molecular weight is 469 g/mol. The van der Waals surface area contributed by atoms with Crippen molar-refractivity contribution in [1.29, 1.82) is 0 Å². The minimum Gasteiger partial charge on any atom is -0.486 e. The molecule has 0 radical (unpaired) electrons. The van der Waals surface area contributed by atoms with E-state index in [1.165, 1.54) is 18.2 Å². The van der Waals surface area contributed by atoms with Crippen LogP contribution >= 0.6 is 0 Å². The van der Waals surface area contributed by atoms with E-state index >= 15 is 0 Å². The molecule has 0 aliphatic rings. The topological polar surface area (TPSA) is 54.0 Å². The van der Waals surface area contributed by atoms with Crippen LogP contribution in [0.25, 0.3) is 11.4 Å². The van der Waals surface area contributed by atoms with E-state index in [4.69, 9.17) is 4.74 Å². The van der Waals surface area contributed by atoms with Crippen molar-refractivity contribution < 1.29 is 13.5 Å². The summed E-state index contributed by atoms with van der Waals surface area (Å²) in [5, 5.41) is 7.50. The molecule has 0 bridgehead atoms. The number of rotatable bonds is 8. The maximum Gasteiger partial charge on any atom is 0.165 e. The fraction of sp³-hybridized carbons (Fsp3) is 0.0714. The lowest BCUT2D eigenvalue weighted by Gasteiger charge is -2.23. The quantitative estimate of drug-likeness (QED) is 0.276. The van der Waals surface area contributed by atoms with E-state index in [0.29, 0.717) is 18.1 Å². The first kappa shape index (κ1) is 22.3. The Labute approximate surface area is 201 Å². The molecule has 5 aromatic rings. The Kier molecular flexibility index (Phi) is 6.48. The van der Waals surface area contributed by atoms with Gasteiger partial charge in [-0.3, -0.25) is 10.1 Å². The second-order valence-corrected chi connectivity index (χ2v) is 7.96. The van der Waals surface area contributed by atoms with Crippen molar-refractivity contribution >= 4 is 11.5 Å². The Hall–Kier alpha value is -4.52. The molecule has 174 valence electrons. The highest BCUT2D eigenvalue weighted by Crippen LogP contribution is 2.32. The summed E-state index contributed by atoms with van der Waals surface area (Å²) in [5.41, 5.74) is 3.97. The highest BCUT2D eigenvalue weighted by atomic mass is 19.1. The van der Waals surface area contributed by atoms with Gasteiger partial charge in [0, 0.05) is 30.6 Å². The number of hydrogen-bond donors (Lipinski definition) is 1. The minimum atomic E-state index is -0.456. The number of aromatic nitrogens is 3. The number of benzene rings is 3. The van der Waals surface area contributed by atoms with E-state index in [0.717, 1.165) is 22.5 Å². The lowest BCUT2D eigenvalue weighted by molar-refractivity contribution is 0.290. The average Bonchev–Trinajstić information content (AvgIpc) is 3.39. The number of halogens is 2. The van der Waals surface area contributed by atoms with E-state index in [1.807, 2.05) is 59.5 Å². The normalized spacial score (nSPS) is 10.8. The zero-order chi connectivity index (χ0) is 24.0. The number of hydrogen-bond acceptors (Lipinski definition) is 4. The van der Waals surface area contributed by atoms with Crippen LogP contribution in [0.2, 0.25) is 0 Å². The Morgan fingerprint density at radius 2 is 1.60 bits per heavy atom. The number of H-pyrrole nitrogens is 1. The second-order valence-electron chi connectivity index (χ2n) is 7.96. The first-order chi connectivity index (χ1) is 17.2. The molecule has 5 nitrogen and oxygen atoms in total. The van der Waals surface area contributed by atoms with Gasteiger partial charge < -0.3 is 9.64 Å². The third kappa shape index (κ3) is 5.35. The van der Waals surface area contributed by atoms with Crippen molar-refractivity contribution in [2.24, 2.45) is 0 Å². The maximum atomic E-state index is 14.6. The smallest absolute Gasteiger partial charge is 0.165 e. The van der Waals surface area contributed by atoms with Gasteiger partial charge in [0.15, 0.2) is 17.4 Å². The number of pyridine rings is 1. The molecule has 7 heteroatoms. The molecule has 0 saturated heterocycles. The number of ether oxygens (including phenoxy) is 1. The van der Waals surface area contributed by atoms with E-state index in [9.17, 15) is 8.78 Å². The molecule has 0 spiro atoms. The van der Waals surface area contributed by atoms with Crippen molar-refractivity contribution in [1.82, 2.24) is 15.2 Å². The molecule has 0 amide bonds. The zero-order valence-electron chi connectivity index (χ0n) is 18.7. The molecule has 3 aromatic carbocycles. The van der Waals surface area contributed by atoms with Gasteiger partial charge in [0.1, 0.15) is 12.4 Å². The summed E-state index contributed by atoms with van der Waals surface area (Å²) >= 11 is 0. The number of nitrogens with one attached hydrogen (secondary N) is 1. The molecule has 0 unspecified atom stereocenters.